The van der Waals surface area contributed by atoms with E-state index in [-0.39, 0.29) is 29.6 Å². The first-order valence-electron chi connectivity index (χ1n) is 9.48. The van der Waals surface area contributed by atoms with Gasteiger partial charge in [-0.25, -0.2) is 0 Å². The Kier molecular flexibility index (Phi) is 3.64. The van der Waals surface area contributed by atoms with Crippen LogP contribution in [0.25, 0.3) is 0 Å². The van der Waals surface area contributed by atoms with Crippen LogP contribution < -0.4 is 10.2 Å². The van der Waals surface area contributed by atoms with Crippen molar-refractivity contribution in [1.29, 1.82) is 0 Å². The van der Waals surface area contributed by atoms with Gasteiger partial charge in [0, 0.05) is 11.3 Å². The largest absolute Gasteiger partial charge is 0.322 e. The molecule has 5 rings (SSSR count). The first kappa shape index (κ1) is 16.2. The number of nitrogens with one attached hydrogen (secondary N) is 1. The fraction of sp³-hybridized carbons (Fsp3) is 0.318. The van der Waals surface area contributed by atoms with Gasteiger partial charge < -0.3 is 5.32 Å². The Bertz CT molecular complexity index is 894. The molecule has 1 N–H and O–H groups in total. The van der Waals surface area contributed by atoms with E-state index in [0.29, 0.717) is 28.8 Å². The number of anilines is 2. The molecule has 0 radical (unpaired) electrons. The molecule has 4 atom stereocenters. The Hall–Kier alpha value is -2.95. The molecule has 0 spiro atoms. The molecule has 2 aromatic carbocycles. The summed E-state index contributed by atoms with van der Waals surface area (Å²) >= 11 is 0. The Morgan fingerprint density at radius 1 is 0.852 bits per heavy atom. The molecule has 2 bridgehead atoms. The number of carbonyl (C=O) groups is 3. The molecule has 1 heterocycles. The number of hydrogen-bond acceptors (Lipinski definition) is 3. The van der Waals surface area contributed by atoms with Gasteiger partial charge in [-0.1, -0.05) is 18.2 Å². The zero-order valence-corrected chi connectivity index (χ0v) is 14.8. The van der Waals surface area contributed by atoms with E-state index in [0.717, 1.165) is 19.3 Å². The van der Waals surface area contributed by atoms with Crippen molar-refractivity contribution in [1.82, 2.24) is 0 Å². The molecule has 1 aliphatic heterocycles. The summed E-state index contributed by atoms with van der Waals surface area (Å²) in [5, 5.41) is 2.84. The minimum absolute atomic E-state index is 0.0433. The lowest BCUT2D eigenvalue weighted by Crippen LogP contribution is -2.32. The molecule has 3 aliphatic rings. The Morgan fingerprint density at radius 3 is 2.04 bits per heavy atom. The first-order valence-corrected chi connectivity index (χ1v) is 9.48. The van der Waals surface area contributed by atoms with Crippen LogP contribution in [0, 0.1) is 23.7 Å². The summed E-state index contributed by atoms with van der Waals surface area (Å²) in [5.74, 6) is 0.249. The summed E-state index contributed by atoms with van der Waals surface area (Å²) in [6, 6.07) is 15.9. The summed E-state index contributed by atoms with van der Waals surface area (Å²) in [5.41, 5.74) is 1.80. The number of hydrogen-bond donors (Lipinski definition) is 1. The second-order valence-corrected chi connectivity index (χ2v) is 7.76. The lowest BCUT2D eigenvalue weighted by molar-refractivity contribution is -0.123. The lowest BCUT2D eigenvalue weighted by Gasteiger charge is -2.19. The summed E-state index contributed by atoms with van der Waals surface area (Å²) < 4.78 is 0. The van der Waals surface area contributed by atoms with Crippen molar-refractivity contribution in [3.8, 4) is 0 Å². The van der Waals surface area contributed by atoms with Gasteiger partial charge in [-0.15, -0.1) is 0 Å². The quantitative estimate of drug-likeness (QED) is 0.852. The third-order valence-corrected chi connectivity index (χ3v) is 6.35. The maximum atomic E-state index is 12.9. The van der Waals surface area contributed by atoms with Gasteiger partial charge in [0.05, 0.1) is 17.5 Å². The van der Waals surface area contributed by atoms with Crippen molar-refractivity contribution in [2.45, 2.75) is 19.3 Å². The molecule has 3 fully saturated rings. The van der Waals surface area contributed by atoms with E-state index in [1.807, 2.05) is 18.2 Å². The van der Waals surface area contributed by atoms with Gasteiger partial charge >= 0.3 is 0 Å². The van der Waals surface area contributed by atoms with Crippen LogP contribution in [0.15, 0.2) is 54.6 Å². The van der Waals surface area contributed by atoms with Crippen LogP contribution >= 0.6 is 0 Å². The smallest absolute Gasteiger partial charge is 0.255 e. The molecule has 27 heavy (non-hydrogen) atoms. The molecule has 1 saturated heterocycles. The summed E-state index contributed by atoms with van der Waals surface area (Å²) in [6.07, 6.45) is 3.18. The van der Waals surface area contributed by atoms with Crippen LogP contribution in [0.3, 0.4) is 0 Å². The maximum Gasteiger partial charge on any atom is 0.255 e. The van der Waals surface area contributed by atoms with Crippen molar-refractivity contribution < 1.29 is 14.4 Å². The summed E-state index contributed by atoms with van der Waals surface area (Å²) in [7, 11) is 0. The number of benzene rings is 2. The molecule has 3 amide bonds. The molecular weight excluding hydrogens is 340 g/mol. The molecule has 5 heteroatoms. The summed E-state index contributed by atoms with van der Waals surface area (Å²) in [6.45, 7) is 0. The molecule has 2 aliphatic carbocycles. The number of rotatable bonds is 3. The van der Waals surface area contributed by atoms with E-state index < -0.39 is 0 Å². The molecule has 5 nitrogen and oxygen atoms in total. The van der Waals surface area contributed by atoms with Crippen molar-refractivity contribution >= 4 is 29.1 Å². The molecule has 2 aromatic rings. The molecule has 0 unspecified atom stereocenters. The molecular formula is C22H20N2O3. The third kappa shape index (κ3) is 2.49. The van der Waals surface area contributed by atoms with Crippen molar-refractivity contribution in [3.05, 3.63) is 60.2 Å². The number of carbonyl (C=O) groups excluding carboxylic acids is 3. The van der Waals surface area contributed by atoms with Crippen LogP contribution in [-0.4, -0.2) is 17.7 Å². The molecule has 136 valence electrons. The van der Waals surface area contributed by atoms with E-state index in [1.165, 1.54) is 4.90 Å². The lowest BCUT2D eigenvalue weighted by atomic mass is 9.81. The third-order valence-electron chi connectivity index (χ3n) is 6.35. The van der Waals surface area contributed by atoms with Crippen molar-refractivity contribution in [2.75, 3.05) is 10.2 Å². The number of nitrogens with zero attached hydrogens (tertiary/aromatic N) is 1. The van der Waals surface area contributed by atoms with Gasteiger partial charge in [-0.05, 0) is 67.5 Å². The van der Waals surface area contributed by atoms with E-state index >= 15 is 0 Å². The number of amides is 3. The van der Waals surface area contributed by atoms with Crippen LogP contribution in [0.5, 0.6) is 0 Å². The minimum Gasteiger partial charge on any atom is -0.322 e. The van der Waals surface area contributed by atoms with E-state index in [1.54, 1.807) is 36.4 Å². The fourth-order valence-electron chi connectivity index (χ4n) is 5.15. The van der Waals surface area contributed by atoms with Gasteiger partial charge in [0.25, 0.3) is 5.91 Å². The standard InChI is InChI=1S/C22H20N2O3/c25-20(13-4-2-1-3-5-13)23-16-8-10-17(11-9-16)24-21(26)18-14-6-7-15(12-14)19(18)22(24)27/h1-5,8-11,14-15,18-19H,6-7,12H2,(H,23,25)/t14-,15+,18-,19+. The predicted octanol–water partition coefficient (Wildman–Crippen LogP) is 3.47. The van der Waals surface area contributed by atoms with Gasteiger partial charge in [0.2, 0.25) is 11.8 Å². The van der Waals surface area contributed by atoms with E-state index in [4.69, 9.17) is 0 Å². The first-order chi connectivity index (χ1) is 13.1. The number of imide groups is 1. The van der Waals surface area contributed by atoms with Crippen LogP contribution in [0.4, 0.5) is 11.4 Å². The van der Waals surface area contributed by atoms with E-state index in [2.05, 4.69) is 5.32 Å². The van der Waals surface area contributed by atoms with Gasteiger partial charge in [-0.3, -0.25) is 19.3 Å². The minimum atomic E-state index is -0.192. The average molecular weight is 360 g/mol. The second-order valence-electron chi connectivity index (χ2n) is 7.76. The van der Waals surface area contributed by atoms with Gasteiger partial charge in [-0.2, -0.15) is 0 Å². The molecule has 0 aromatic heterocycles. The highest BCUT2D eigenvalue weighted by Gasteiger charge is 2.61. The monoisotopic (exact) mass is 360 g/mol. The Labute approximate surface area is 157 Å². The normalized spacial score (nSPS) is 28.5. The van der Waals surface area contributed by atoms with Gasteiger partial charge in [0.1, 0.15) is 0 Å². The van der Waals surface area contributed by atoms with Gasteiger partial charge in [0.15, 0.2) is 0 Å². The SMILES string of the molecule is O=C(Nc1ccc(N2C(=O)[C@@H]3[C@@H]4CC[C@@H](C4)[C@@H]3C2=O)cc1)c1ccccc1. The Balaban J connectivity index is 1.34. The maximum absolute atomic E-state index is 12.9. The highest BCUT2D eigenvalue weighted by Crippen LogP contribution is 2.56. The summed E-state index contributed by atoms with van der Waals surface area (Å²) in [4.78, 5) is 39.3. The molecule has 2 saturated carbocycles. The zero-order chi connectivity index (χ0) is 18.5. The van der Waals surface area contributed by atoms with Crippen molar-refractivity contribution in [2.24, 2.45) is 23.7 Å². The van der Waals surface area contributed by atoms with Crippen LogP contribution in [0.1, 0.15) is 29.6 Å². The topological polar surface area (TPSA) is 66.5 Å². The van der Waals surface area contributed by atoms with Crippen molar-refractivity contribution in [3.63, 3.8) is 0 Å². The average Bonchev–Trinajstić information content (AvgIpc) is 3.37. The second kappa shape index (κ2) is 6.05. The highest BCUT2D eigenvalue weighted by molar-refractivity contribution is 6.22. The van der Waals surface area contributed by atoms with Crippen LogP contribution in [0.2, 0.25) is 0 Å². The van der Waals surface area contributed by atoms with Crippen LogP contribution in [-0.2, 0) is 9.59 Å². The fourth-order valence-corrected chi connectivity index (χ4v) is 5.15. The highest BCUT2D eigenvalue weighted by atomic mass is 16.2. The van der Waals surface area contributed by atoms with E-state index in [9.17, 15) is 14.4 Å². The zero-order valence-electron chi connectivity index (χ0n) is 14.8. The predicted molar refractivity (Wildman–Crippen MR) is 101 cm³/mol. The number of fused-ring (bicyclic) bond motifs is 5. The Morgan fingerprint density at radius 2 is 1.44 bits per heavy atom.